The van der Waals surface area contributed by atoms with Gasteiger partial charge in [0.25, 0.3) is 5.56 Å². The molecule has 2 aliphatic heterocycles. The summed E-state index contributed by atoms with van der Waals surface area (Å²) in [6, 6.07) is 5.03. The molecule has 0 bridgehead atoms. The number of carbonyl (C=O) groups excluding carboxylic acids is 2. The summed E-state index contributed by atoms with van der Waals surface area (Å²) >= 11 is 6.45. The summed E-state index contributed by atoms with van der Waals surface area (Å²) < 4.78 is 12.2. The van der Waals surface area contributed by atoms with Crippen LogP contribution in [0.2, 0.25) is 5.02 Å². The van der Waals surface area contributed by atoms with Gasteiger partial charge in [0, 0.05) is 28.4 Å². The molecule has 10 nitrogen and oxygen atoms in total. The first-order valence-corrected chi connectivity index (χ1v) is 11.7. The molecule has 3 N–H and O–H groups in total. The van der Waals surface area contributed by atoms with Crippen molar-refractivity contribution >= 4 is 45.3 Å². The molecule has 1 aromatic carbocycles. The monoisotopic (exact) mass is 509 g/mol. The number of esters is 1. The van der Waals surface area contributed by atoms with Crippen LogP contribution < -0.4 is 10.9 Å². The van der Waals surface area contributed by atoms with E-state index in [0.29, 0.717) is 49.4 Å². The first-order valence-electron chi connectivity index (χ1n) is 11.3. The van der Waals surface area contributed by atoms with E-state index in [9.17, 15) is 24.6 Å². The van der Waals surface area contributed by atoms with E-state index in [1.807, 2.05) is 0 Å². The van der Waals surface area contributed by atoms with E-state index in [0.717, 1.165) is 0 Å². The molecule has 0 aliphatic carbocycles. The van der Waals surface area contributed by atoms with Crippen LogP contribution in [0.25, 0.3) is 33.3 Å². The summed E-state index contributed by atoms with van der Waals surface area (Å²) in [6.07, 6.45) is 1.54. The number of aliphatic hydroxyl groups excluding tert-OH is 1. The Morgan fingerprint density at radius 2 is 2.11 bits per heavy atom. The standard InChI is InChI=1S/C25H20ClN3O7/c1-2-25(34)15-5-18-21-13(8-29(18)23(32)14(15)10-36-24(25)33)12(7-27-19(31)9-30)20-11-3-4-35-22(11)16(26)6-17(20)28-21/h3-6,30,34H,2,7-10H2,1H3,(H,27,31)/t25-/m0/s1. The maximum Gasteiger partial charge on any atom is 0.343 e. The zero-order valence-corrected chi connectivity index (χ0v) is 19.8. The fourth-order valence-corrected chi connectivity index (χ4v) is 5.45. The topological polar surface area (TPSA) is 144 Å². The number of ether oxygens (including phenoxy) is 1. The third-order valence-corrected chi connectivity index (χ3v) is 7.34. The zero-order valence-electron chi connectivity index (χ0n) is 19.1. The van der Waals surface area contributed by atoms with Crippen LogP contribution in [0, 0.1) is 0 Å². The summed E-state index contributed by atoms with van der Waals surface area (Å²) in [4.78, 5) is 42.7. The van der Waals surface area contributed by atoms with E-state index in [4.69, 9.17) is 25.7 Å². The Morgan fingerprint density at radius 1 is 1.31 bits per heavy atom. The molecular formula is C25H20ClN3O7. The van der Waals surface area contributed by atoms with Crippen molar-refractivity contribution in [1.29, 1.82) is 0 Å². The van der Waals surface area contributed by atoms with Crippen LogP contribution in [-0.2, 0) is 39.6 Å². The lowest BCUT2D eigenvalue weighted by atomic mass is 9.86. The van der Waals surface area contributed by atoms with Gasteiger partial charge in [-0.05, 0) is 30.2 Å². The van der Waals surface area contributed by atoms with Crippen molar-refractivity contribution in [2.24, 2.45) is 0 Å². The number of aliphatic hydroxyl groups is 2. The minimum Gasteiger partial charge on any atom is -0.463 e. The van der Waals surface area contributed by atoms with Crippen LogP contribution in [-0.4, -0.2) is 38.2 Å². The van der Waals surface area contributed by atoms with Crippen LogP contribution in [0.15, 0.2) is 33.7 Å². The Labute approximate surface area is 208 Å². The Kier molecular flexibility index (Phi) is 4.98. The van der Waals surface area contributed by atoms with Gasteiger partial charge >= 0.3 is 5.97 Å². The highest BCUT2D eigenvalue weighted by Gasteiger charge is 2.45. The molecule has 1 atom stereocenters. The molecule has 36 heavy (non-hydrogen) atoms. The van der Waals surface area contributed by atoms with Gasteiger partial charge in [0.1, 0.15) is 13.2 Å². The third kappa shape index (κ3) is 2.98. The predicted molar refractivity (Wildman–Crippen MR) is 128 cm³/mol. The Bertz CT molecular complexity index is 1690. The molecule has 1 amide bonds. The van der Waals surface area contributed by atoms with E-state index < -0.39 is 24.1 Å². The molecule has 184 valence electrons. The normalized spacial score (nSPS) is 18.2. The Morgan fingerprint density at radius 3 is 2.86 bits per heavy atom. The lowest BCUT2D eigenvalue weighted by Crippen LogP contribution is -2.44. The smallest absolute Gasteiger partial charge is 0.343 e. The fraction of sp³-hybridized carbons (Fsp3) is 0.280. The maximum atomic E-state index is 13.5. The molecule has 6 rings (SSSR count). The molecule has 0 unspecified atom stereocenters. The first kappa shape index (κ1) is 22.7. The van der Waals surface area contributed by atoms with Crippen LogP contribution >= 0.6 is 11.6 Å². The molecule has 0 spiro atoms. The highest BCUT2D eigenvalue weighted by molar-refractivity contribution is 6.36. The quantitative estimate of drug-likeness (QED) is 0.312. The summed E-state index contributed by atoms with van der Waals surface area (Å²) in [5.74, 6) is -1.36. The first-order chi connectivity index (χ1) is 17.3. The van der Waals surface area contributed by atoms with E-state index in [-0.39, 0.29) is 42.8 Å². The highest BCUT2D eigenvalue weighted by Crippen LogP contribution is 2.42. The second-order valence-electron chi connectivity index (χ2n) is 8.87. The molecule has 0 fully saturated rings. The van der Waals surface area contributed by atoms with E-state index in [1.165, 1.54) is 10.8 Å². The second-order valence-corrected chi connectivity index (χ2v) is 9.28. The molecule has 4 aromatic rings. The van der Waals surface area contributed by atoms with Gasteiger partial charge in [-0.3, -0.25) is 9.59 Å². The van der Waals surface area contributed by atoms with Gasteiger partial charge in [0.05, 0.1) is 40.3 Å². The number of fused-ring (bicyclic) bond motifs is 7. The van der Waals surface area contributed by atoms with Crippen molar-refractivity contribution < 1.29 is 29.0 Å². The summed E-state index contributed by atoms with van der Waals surface area (Å²) in [6.45, 7) is 0.956. The molecular weight excluding hydrogens is 490 g/mol. The lowest BCUT2D eigenvalue weighted by molar-refractivity contribution is -0.172. The van der Waals surface area contributed by atoms with Crippen molar-refractivity contribution in [2.75, 3.05) is 6.61 Å². The van der Waals surface area contributed by atoms with E-state index in [2.05, 4.69) is 5.32 Å². The summed E-state index contributed by atoms with van der Waals surface area (Å²) in [5.41, 5.74) is 1.39. The molecule has 0 saturated carbocycles. The van der Waals surface area contributed by atoms with Crippen molar-refractivity contribution in [3.8, 4) is 11.4 Å². The molecule has 5 heterocycles. The Hall–Kier alpha value is -3.73. The molecule has 3 aromatic heterocycles. The van der Waals surface area contributed by atoms with Gasteiger partial charge in [0.2, 0.25) is 5.91 Å². The van der Waals surface area contributed by atoms with E-state index in [1.54, 1.807) is 25.1 Å². The number of halogens is 1. The summed E-state index contributed by atoms with van der Waals surface area (Å²) in [7, 11) is 0. The molecule has 2 aliphatic rings. The summed E-state index contributed by atoms with van der Waals surface area (Å²) in [5, 5.41) is 24.8. The lowest BCUT2D eigenvalue weighted by Gasteiger charge is -2.31. The average Bonchev–Trinajstić information content (AvgIpc) is 3.50. The van der Waals surface area contributed by atoms with Gasteiger partial charge in [-0.2, -0.15) is 0 Å². The van der Waals surface area contributed by atoms with Gasteiger partial charge in [-0.15, -0.1) is 0 Å². The van der Waals surface area contributed by atoms with Gasteiger partial charge < -0.3 is 29.3 Å². The number of nitrogens with zero attached hydrogens (tertiary/aromatic N) is 2. The van der Waals surface area contributed by atoms with Gasteiger partial charge in [-0.25, -0.2) is 9.78 Å². The highest BCUT2D eigenvalue weighted by atomic mass is 35.5. The minimum absolute atomic E-state index is 0.0340. The number of rotatable bonds is 4. The zero-order chi connectivity index (χ0) is 25.4. The number of aromatic nitrogens is 2. The number of hydrogen-bond acceptors (Lipinski definition) is 8. The largest absolute Gasteiger partial charge is 0.463 e. The SMILES string of the molecule is CC[C@@]1(O)C(=O)OCc2c1cc1n(c2=O)Cc2c-1nc1cc(Cl)c3occc3c1c2CNC(=O)CO. The molecule has 0 radical (unpaired) electrons. The van der Waals surface area contributed by atoms with Crippen molar-refractivity contribution in [3.63, 3.8) is 0 Å². The van der Waals surface area contributed by atoms with Crippen LogP contribution in [0.4, 0.5) is 0 Å². The molecule has 0 saturated heterocycles. The third-order valence-electron chi connectivity index (χ3n) is 7.06. The number of amides is 1. The van der Waals surface area contributed by atoms with Crippen LogP contribution in [0.1, 0.15) is 35.6 Å². The molecule has 11 heteroatoms. The number of benzene rings is 1. The van der Waals surface area contributed by atoms with Gasteiger partial charge in [-0.1, -0.05) is 18.5 Å². The fourth-order valence-electron chi connectivity index (χ4n) is 5.20. The second kappa shape index (κ2) is 7.89. The van der Waals surface area contributed by atoms with Gasteiger partial charge in [0.15, 0.2) is 11.2 Å². The number of cyclic esters (lactones) is 1. The predicted octanol–water partition coefficient (Wildman–Crippen LogP) is 2.09. The van der Waals surface area contributed by atoms with Crippen molar-refractivity contribution in [3.05, 3.63) is 62.1 Å². The maximum absolute atomic E-state index is 13.5. The number of furan rings is 1. The minimum atomic E-state index is -1.94. The number of pyridine rings is 2. The Balaban J connectivity index is 1.66. The number of carbonyl (C=O) groups is 2. The van der Waals surface area contributed by atoms with Crippen LogP contribution in [0.3, 0.4) is 0 Å². The average molecular weight is 510 g/mol. The van der Waals surface area contributed by atoms with Crippen LogP contribution in [0.5, 0.6) is 0 Å². The number of nitrogens with one attached hydrogen (secondary N) is 1. The van der Waals surface area contributed by atoms with Crippen molar-refractivity contribution in [1.82, 2.24) is 14.9 Å². The van der Waals surface area contributed by atoms with Crippen molar-refractivity contribution in [2.45, 2.75) is 38.6 Å². The number of hydrogen-bond donors (Lipinski definition) is 3. The van der Waals surface area contributed by atoms with E-state index >= 15 is 0 Å².